The average molecular weight is 262 g/mol. The molecule has 0 bridgehead atoms. The summed E-state index contributed by atoms with van der Waals surface area (Å²) in [6.07, 6.45) is 0. The maximum absolute atomic E-state index is 9.06. The van der Waals surface area contributed by atoms with Crippen molar-refractivity contribution in [3.05, 3.63) is 44.9 Å². The number of aliphatic hydroxyl groups is 1. The molecule has 0 amide bonds. The van der Waals surface area contributed by atoms with Crippen molar-refractivity contribution in [2.45, 2.75) is 6.61 Å². The highest BCUT2D eigenvalue weighted by Gasteiger charge is 2.09. The Morgan fingerprint density at radius 3 is 2.13 bits per heavy atom. The number of aliphatic hydroxyl groups excluding tert-OH is 1. The fourth-order valence-electron chi connectivity index (χ4n) is 1.47. The molecule has 4 heteroatoms. The van der Waals surface area contributed by atoms with E-state index in [4.69, 9.17) is 39.9 Å². The second kappa shape index (κ2) is 4.18. The Hall–Kier alpha value is -0.470. The van der Waals surface area contributed by atoms with Crippen LogP contribution < -0.4 is 0 Å². The molecule has 0 saturated carbocycles. The van der Waals surface area contributed by atoms with Crippen molar-refractivity contribution in [3.8, 4) is 0 Å². The SMILES string of the molecule is OCc1ccc2c(Cl)c(Cl)ccc2c1Cl. The highest BCUT2D eigenvalue weighted by Crippen LogP contribution is 2.35. The normalized spacial score (nSPS) is 10.9. The van der Waals surface area contributed by atoms with Crippen LogP contribution in [0.25, 0.3) is 10.8 Å². The highest BCUT2D eigenvalue weighted by molar-refractivity contribution is 6.46. The molecule has 0 aliphatic rings. The zero-order valence-corrected chi connectivity index (χ0v) is 9.87. The summed E-state index contributed by atoms with van der Waals surface area (Å²) in [5, 5.41) is 12.2. The summed E-state index contributed by atoms with van der Waals surface area (Å²) in [6, 6.07) is 7.04. The predicted molar refractivity (Wildman–Crippen MR) is 64.9 cm³/mol. The van der Waals surface area contributed by atoms with Gasteiger partial charge in [-0.3, -0.25) is 0 Å². The van der Waals surface area contributed by atoms with Crippen LogP contribution in [0.5, 0.6) is 0 Å². The van der Waals surface area contributed by atoms with Gasteiger partial charge >= 0.3 is 0 Å². The minimum Gasteiger partial charge on any atom is -0.392 e. The smallest absolute Gasteiger partial charge is 0.0696 e. The Labute approximate surface area is 102 Å². The van der Waals surface area contributed by atoms with E-state index in [9.17, 15) is 0 Å². The van der Waals surface area contributed by atoms with E-state index in [1.807, 2.05) is 0 Å². The molecule has 2 aromatic carbocycles. The summed E-state index contributed by atoms with van der Waals surface area (Å²) in [6.45, 7) is -0.0883. The highest BCUT2D eigenvalue weighted by atomic mass is 35.5. The van der Waals surface area contributed by atoms with E-state index in [-0.39, 0.29) is 6.61 Å². The summed E-state index contributed by atoms with van der Waals surface area (Å²) in [5.41, 5.74) is 0.683. The van der Waals surface area contributed by atoms with E-state index >= 15 is 0 Å². The molecule has 0 heterocycles. The fourth-order valence-corrected chi connectivity index (χ4v) is 2.15. The first-order valence-electron chi connectivity index (χ1n) is 4.31. The van der Waals surface area contributed by atoms with Gasteiger partial charge in [0.25, 0.3) is 0 Å². The topological polar surface area (TPSA) is 20.2 Å². The van der Waals surface area contributed by atoms with Crippen LogP contribution in [0.3, 0.4) is 0 Å². The minimum atomic E-state index is -0.0883. The van der Waals surface area contributed by atoms with Crippen LogP contribution in [0.4, 0.5) is 0 Å². The summed E-state index contributed by atoms with van der Waals surface area (Å²) < 4.78 is 0. The number of rotatable bonds is 1. The average Bonchev–Trinajstić information content (AvgIpc) is 2.24. The van der Waals surface area contributed by atoms with E-state index in [2.05, 4.69) is 0 Å². The number of benzene rings is 2. The Bertz CT molecular complexity index is 523. The Morgan fingerprint density at radius 1 is 0.867 bits per heavy atom. The van der Waals surface area contributed by atoms with E-state index in [0.717, 1.165) is 10.8 Å². The number of fused-ring (bicyclic) bond motifs is 1. The van der Waals surface area contributed by atoms with Crippen molar-refractivity contribution in [2.24, 2.45) is 0 Å². The summed E-state index contributed by atoms with van der Waals surface area (Å²) in [5.74, 6) is 0. The van der Waals surface area contributed by atoms with Crippen LogP contribution >= 0.6 is 34.8 Å². The molecular formula is C11H7Cl3O. The molecule has 0 aromatic heterocycles. The number of halogens is 3. The molecule has 15 heavy (non-hydrogen) atoms. The Balaban J connectivity index is 2.85. The number of hydrogen-bond donors (Lipinski definition) is 1. The molecule has 78 valence electrons. The van der Waals surface area contributed by atoms with Crippen LogP contribution in [0.1, 0.15) is 5.56 Å². The lowest BCUT2D eigenvalue weighted by Crippen LogP contribution is -1.86. The molecule has 1 N–H and O–H groups in total. The Kier molecular flexibility index (Phi) is 3.08. The van der Waals surface area contributed by atoms with Crippen molar-refractivity contribution >= 4 is 45.6 Å². The van der Waals surface area contributed by atoms with Crippen LogP contribution in [-0.2, 0) is 6.61 Å². The maximum Gasteiger partial charge on any atom is 0.0696 e. The van der Waals surface area contributed by atoms with Crippen molar-refractivity contribution in [1.82, 2.24) is 0 Å². The second-order valence-corrected chi connectivity index (χ2v) is 4.32. The molecule has 0 unspecified atom stereocenters. The largest absolute Gasteiger partial charge is 0.392 e. The van der Waals surface area contributed by atoms with Gasteiger partial charge in [0.2, 0.25) is 0 Å². The van der Waals surface area contributed by atoms with Gasteiger partial charge < -0.3 is 5.11 Å². The molecule has 0 radical (unpaired) electrons. The van der Waals surface area contributed by atoms with Crippen molar-refractivity contribution < 1.29 is 5.11 Å². The third-order valence-corrected chi connectivity index (χ3v) is 3.54. The molecule has 0 aliphatic carbocycles. The van der Waals surface area contributed by atoms with E-state index < -0.39 is 0 Å². The first kappa shape index (κ1) is 11.0. The van der Waals surface area contributed by atoms with Crippen molar-refractivity contribution in [1.29, 1.82) is 0 Å². The lowest BCUT2D eigenvalue weighted by molar-refractivity contribution is 0.282. The third kappa shape index (κ3) is 1.81. The summed E-state index contributed by atoms with van der Waals surface area (Å²) in [7, 11) is 0. The van der Waals surface area contributed by atoms with Gasteiger partial charge in [-0.1, -0.05) is 53.0 Å². The summed E-state index contributed by atoms with van der Waals surface area (Å²) >= 11 is 18.0. The maximum atomic E-state index is 9.06. The molecule has 1 nitrogen and oxygen atoms in total. The van der Waals surface area contributed by atoms with Gasteiger partial charge in [0.1, 0.15) is 0 Å². The van der Waals surface area contributed by atoms with E-state index in [1.165, 1.54) is 0 Å². The van der Waals surface area contributed by atoms with Crippen molar-refractivity contribution in [3.63, 3.8) is 0 Å². The first-order chi connectivity index (χ1) is 7.15. The zero-order valence-electron chi connectivity index (χ0n) is 7.60. The lowest BCUT2D eigenvalue weighted by Gasteiger charge is -2.07. The first-order valence-corrected chi connectivity index (χ1v) is 5.44. The second-order valence-electron chi connectivity index (χ2n) is 3.15. The van der Waals surface area contributed by atoms with Crippen LogP contribution in [0.2, 0.25) is 15.1 Å². The lowest BCUT2D eigenvalue weighted by atomic mass is 10.1. The standard InChI is InChI=1S/C11H7Cl3O/c12-9-4-3-7-8(11(9)14)2-1-6(5-15)10(7)13/h1-4,15H,5H2. The third-order valence-electron chi connectivity index (χ3n) is 2.27. The van der Waals surface area contributed by atoms with Crippen LogP contribution in [-0.4, -0.2) is 5.11 Å². The van der Waals surface area contributed by atoms with Gasteiger partial charge in [-0.05, 0) is 11.6 Å². The molecule has 0 fully saturated rings. The quantitative estimate of drug-likeness (QED) is 0.812. The number of hydrogen-bond acceptors (Lipinski definition) is 1. The minimum absolute atomic E-state index is 0.0883. The van der Waals surface area contributed by atoms with Gasteiger partial charge in [0, 0.05) is 10.8 Å². The molecule has 2 rings (SSSR count). The van der Waals surface area contributed by atoms with E-state index in [0.29, 0.717) is 20.6 Å². The van der Waals surface area contributed by atoms with Gasteiger partial charge in [0.05, 0.1) is 21.7 Å². The van der Waals surface area contributed by atoms with Crippen molar-refractivity contribution in [2.75, 3.05) is 0 Å². The summed E-state index contributed by atoms with van der Waals surface area (Å²) in [4.78, 5) is 0. The van der Waals surface area contributed by atoms with E-state index in [1.54, 1.807) is 24.3 Å². The fraction of sp³-hybridized carbons (Fsp3) is 0.0909. The molecular weight excluding hydrogens is 254 g/mol. The van der Waals surface area contributed by atoms with Crippen LogP contribution in [0, 0.1) is 0 Å². The van der Waals surface area contributed by atoms with Gasteiger partial charge in [-0.2, -0.15) is 0 Å². The van der Waals surface area contributed by atoms with Gasteiger partial charge in [-0.25, -0.2) is 0 Å². The van der Waals surface area contributed by atoms with Crippen LogP contribution in [0.15, 0.2) is 24.3 Å². The molecule has 2 aromatic rings. The molecule has 0 aliphatic heterocycles. The monoisotopic (exact) mass is 260 g/mol. The van der Waals surface area contributed by atoms with Gasteiger partial charge in [-0.15, -0.1) is 0 Å². The zero-order chi connectivity index (χ0) is 11.0. The predicted octanol–water partition coefficient (Wildman–Crippen LogP) is 4.29. The van der Waals surface area contributed by atoms with Gasteiger partial charge in [0.15, 0.2) is 0 Å². The molecule has 0 atom stereocenters. The molecule has 0 spiro atoms. The Morgan fingerprint density at radius 2 is 1.47 bits per heavy atom. The molecule has 0 saturated heterocycles.